The molecule has 2 aliphatic carbocycles. The number of rotatable bonds is 4. The van der Waals surface area contributed by atoms with Crippen LogP contribution in [0.15, 0.2) is 15.3 Å². The second kappa shape index (κ2) is 6.68. The first-order chi connectivity index (χ1) is 12.7. The Bertz CT molecular complexity index is 909. The molecule has 1 saturated heterocycles. The summed E-state index contributed by atoms with van der Waals surface area (Å²) in [6, 6.07) is 0.208. The lowest BCUT2D eigenvalue weighted by atomic mass is 9.95. The summed E-state index contributed by atoms with van der Waals surface area (Å²) in [7, 11) is 0. The van der Waals surface area contributed by atoms with E-state index in [1.807, 2.05) is 4.57 Å². The van der Waals surface area contributed by atoms with E-state index in [1.165, 1.54) is 36.6 Å². The summed E-state index contributed by atoms with van der Waals surface area (Å²) < 4.78 is 7.04. The molecule has 0 aromatic carbocycles. The molecule has 5 nitrogen and oxygen atoms in total. The van der Waals surface area contributed by atoms with Crippen LogP contribution in [0, 0.1) is 0 Å². The number of thioether (sulfide) groups is 1. The molecule has 7 heteroatoms. The van der Waals surface area contributed by atoms with Crippen molar-refractivity contribution >= 4 is 39.3 Å². The zero-order valence-corrected chi connectivity index (χ0v) is 16.2. The molecule has 26 heavy (non-hydrogen) atoms. The smallest absolute Gasteiger partial charge is 0.319 e. The van der Waals surface area contributed by atoms with Crippen molar-refractivity contribution in [3.8, 4) is 0 Å². The topological polar surface area (TPSA) is 61.2 Å². The Kier molecular flexibility index (Phi) is 4.32. The second-order valence-corrected chi connectivity index (χ2v) is 9.60. The van der Waals surface area contributed by atoms with Gasteiger partial charge in [0, 0.05) is 12.5 Å². The van der Waals surface area contributed by atoms with Gasteiger partial charge in [0.25, 0.3) is 5.56 Å². The van der Waals surface area contributed by atoms with Crippen LogP contribution >= 0.6 is 23.1 Å². The quantitative estimate of drug-likeness (QED) is 0.577. The number of carbonyl (C=O) groups is 1. The number of aromatic nitrogens is 2. The summed E-state index contributed by atoms with van der Waals surface area (Å²) in [4.78, 5) is 31.2. The van der Waals surface area contributed by atoms with Crippen molar-refractivity contribution < 1.29 is 9.53 Å². The lowest BCUT2D eigenvalue weighted by Gasteiger charge is -2.26. The Morgan fingerprint density at radius 3 is 2.62 bits per heavy atom. The minimum atomic E-state index is -0.239. The lowest BCUT2D eigenvalue weighted by Crippen LogP contribution is -2.29. The summed E-state index contributed by atoms with van der Waals surface area (Å²) >= 11 is 3.00. The molecule has 2 saturated carbocycles. The molecule has 2 aromatic heterocycles. The van der Waals surface area contributed by atoms with Gasteiger partial charge in [-0.1, -0.05) is 31.0 Å². The summed E-state index contributed by atoms with van der Waals surface area (Å²) in [6.07, 6.45) is 8.66. The van der Waals surface area contributed by atoms with Crippen LogP contribution in [0.25, 0.3) is 10.2 Å². The molecule has 0 bridgehead atoms. The Hall–Kier alpha value is -1.34. The maximum atomic E-state index is 13.5. The number of carbonyl (C=O) groups excluding carboxylic acids is 1. The Morgan fingerprint density at radius 2 is 1.92 bits per heavy atom. The standard InChI is InChI=1S/C19H22N2O3S2/c22-17-15-13(11-6-7-11)10-25-16(15)20-19(26-14-8-9-24-18(14)23)21(17)12-4-2-1-3-5-12/h10-12,14H,1-9H2/t14-/m1/s1. The summed E-state index contributed by atoms with van der Waals surface area (Å²) in [5.74, 6) is 0.366. The molecule has 5 rings (SSSR count). The van der Waals surface area contributed by atoms with E-state index in [2.05, 4.69) is 5.38 Å². The number of fused-ring (bicyclic) bond motifs is 1. The molecule has 3 fully saturated rings. The zero-order valence-electron chi connectivity index (χ0n) is 14.6. The average molecular weight is 391 g/mol. The molecule has 0 unspecified atom stereocenters. The van der Waals surface area contributed by atoms with Crippen LogP contribution in [-0.4, -0.2) is 27.4 Å². The van der Waals surface area contributed by atoms with E-state index in [0.29, 0.717) is 24.1 Å². The van der Waals surface area contributed by atoms with Crippen LogP contribution in [0.3, 0.4) is 0 Å². The van der Waals surface area contributed by atoms with Crippen LogP contribution in [0.2, 0.25) is 0 Å². The lowest BCUT2D eigenvalue weighted by molar-refractivity contribution is -0.137. The molecule has 0 amide bonds. The molecular formula is C19H22N2O3S2. The van der Waals surface area contributed by atoms with Crippen molar-refractivity contribution in [2.75, 3.05) is 6.61 Å². The van der Waals surface area contributed by atoms with E-state index in [1.54, 1.807) is 11.3 Å². The molecular weight excluding hydrogens is 368 g/mol. The van der Waals surface area contributed by atoms with E-state index in [4.69, 9.17) is 9.72 Å². The van der Waals surface area contributed by atoms with Gasteiger partial charge in [-0.3, -0.25) is 14.2 Å². The fourth-order valence-corrected chi connectivity index (χ4v) is 6.35. The highest BCUT2D eigenvalue weighted by Gasteiger charge is 2.33. The zero-order chi connectivity index (χ0) is 17.7. The minimum absolute atomic E-state index is 0.110. The van der Waals surface area contributed by atoms with Gasteiger partial charge in [0.1, 0.15) is 10.1 Å². The average Bonchev–Trinajstić information content (AvgIpc) is 3.29. The number of nitrogens with zero attached hydrogens (tertiary/aromatic N) is 2. The molecule has 3 heterocycles. The fourth-order valence-electron chi connectivity index (χ4n) is 4.16. The molecule has 3 aliphatic rings. The molecule has 138 valence electrons. The number of esters is 1. The van der Waals surface area contributed by atoms with Crippen LogP contribution in [0.1, 0.15) is 68.9 Å². The van der Waals surface area contributed by atoms with Gasteiger partial charge in [0.2, 0.25) is 0 Å². The SMILES string of the molecule is O=C1OCC[C@H]1Sc1nc2scc(C3CC3)c2c(=O)n1C1CCCCC1. The van der Waals surface area contributed by atoms with Crippen molar-refractivity contribution in [1.29, 1.82) is 0 Å². The maximum Gasteiger partial charge on any atom is 0.319 e. The molecule has 0 spiro atoms. The Labute approximate surface area is 160 Å². The van der Waals surface area contributed by atoms with Gasteiger partial charge in [-0.2, -0.15) is 0 Å². The van der Waals surface area contributed by atoms with E-state index < -0.39 is 0 Å². The van der Waals surface area contributed by atoms with E-state index in [-0.39, 0.29) is 22.8 Å². The highest BCUT2D eigenvalue weighted by Crippen LogP contribution is 2.45. The Morgan fingerprint density at radius 1 is 1.12 bits per heavy atom. The van der Waals surface area contributed by atoms with Gasteiger partial charge in [-0.05, 0) is 42.5 Å². The number of cyclic esters (lactones) is 1. The van der Waals surface area contributed by atoms with Crippen LogP contribution in [0.5, 0.6) is 0 Å². The first-order valence-electron chi connectivity index (χ1n) is 9.59. The predicted octanol–water partition coefficient (Wildman–Crippen LogP) is 4.25. The predicted molar refractivity (Wildman–Crippen MR) is 103 cm³/mol. The largest absolute Gasteiger partial charge is 0.465 e. The molecule has 0 N–H and O–H groups in total. The van der Waals surface area contributed by atoms with Crippen LogP contribution < -0.4 is 5.56 Å². The summed E-state index contributed by atoms with van der Waals surface area (Å²) in [5, 5.41) is 3.43. The van der Waals surface area contributed by atoms with Crippen LogP contribution in [0.4, 0.5) is 0 Å². The van der Waals surface area contributed by atoms with Gasteiger partial charge in [-0.25, -0.2) is 4.98 Å². The van der Waals surface area contributed by atoms with Gasteiger partial charge in [0.05, 0.1) is 12.0 Å². The maximum absolute atomic E-state index is 13.5. The second-order valence-electron chi connectivity index (χ2n) is 7.57. The number of hydrogen-bond acceptors (Lipinski definition) is 6. The summed E-state index contributed by atoms with van der Waals surface area (Å²) in [6.45, 7) is 0.469. The first kappa shape index (κ1) is 16.8. The highest BCUT2D eigenvalue weighted by molar-refractivity contribution is 8.00. The Balaban J connectivity index is 1.63. The molecule has 0 radical (unpaired) electrons. The van der Waals surface area contributed by atoms with Crippen molar-refractivity contribution in [2.45, 2.75) is 73.7 Å². The number of ether oxygens (including phenoxy) is 1. The number of thiophene rings is 1. The third-order valence-corrected chi connectivity index (χ3v) is 7.83. The normalized spacial score (nSPS) is 24.3. The molecule has 2 aromatic rings. The third kappa shape index (κ3) is 2.89. The minimum Gasteiger partial charge on any atom is -0.465 e. The monoisotopic (exact) mass is 390 g/mol. The third-order valence-electron chi connectivity index (χ3n) is 5.73. The van der Waals surface area contributed by atoms with Crippen molar-refractivity contribution in [1.82, 2.24) is 9.55 Å². The van der Waals surface area contributed by atoms with Gasteiger partial charge >= 0.3 is 5.97 Å². The van der Waals surface area contributed by atoms with Crippen molar-refractivity contribution in [2.24, 2.45) is 0 Å². The molecule has 1 aliphatic heterocycles. The van der Waals surface area contributed by atoms with Crippen molar-refractivity contribution in [3.05, 3.63) is 21.3 Å². The van der Waals surface area contributed by atoms with Gasteiger partial charge < -0.3 is 4.74 Å². The van der Waals surface area contributed by atoms with Gasteiger partial charge in [0.15, 0.2) is 5.16 Å². The van der Waals surface area contributed by atoms with E-state index >= 15 is 0 Å². The number of hydrogen-bond donors (Lipinski definition) is 0. The van der Waals surface area contributed by atoms with Crippen LogP contribution in [-0.2, 0) is 9.53 Å². The molecule has 1 atom stereocenters. The van der Waals surface area contributed by atoms with E-state index in [9.17, 15) is 9.59 Å². The fraction of sp³-hybridized carbons (Fsp3) is 0.632. The van der Waals surface area contributed by atoms with Crippen molar-refractivity contribution in [3.63, 3.8) is 0 Å². The highest BCUT2D eigenvalue weighted by atomic mass is 32.2. The van der Waals surface area contributed by atoms with E-state index in [0.717, 1.165) is 35.9 Å². The first-order valence-corrected chi connectivity index (χ1v) is 11.3. The summed E-state index contributed by atoms with van der Waals surface area (Å²) in [5.41, 5.74) is 1.31. The van der Waals surface area contributed by atoms with Gasteiger partial charge in [-0.15, -0.1) is 11.3 Å².